The first-order chi connectivity index (χ1) is 12.1. The first-order valence-electron chi connectivity index (χ1n) is 8.41. The van der Waals surface area contributed by atoms with Crippen LogP contribution in [0.5, 0.6) is 5.75 Å². The molecule has 2 aromatic rings. The van der Waals surface area contributed by atoms with Gasteiger partial charge in [-0.15, -0.1) is 0 Å². The number of nitrogens with zero attached hydrogens (tertiary/aromatic N) is 1. The third kappa shape index (κ3) is 4.18. The third-order valence-corrected chi connectivity index (χ3v) is 4.39. The molecule has 1 amide bonds. The Morgan fingerprint density at radius 1 is 1.08 bits per heavy atom. The van der Waals surface area contributed by atoms with Crippen molar-refractivity contribution in [3.63, 3.8) is 0 Å². The first kappa shape index (κ1) is 17.0. The number of carboxylic acid groups (broad SMARTS) is 1. The van der Waals surface area contributed by atoms with Gasteiger partial charge in [-0.25, -0.2) is 0 Å². The van der Waals surface area contributed by atoms with Crippen LogP contribution in [0.4, 0.5) is 0 Å². The van der Waals surface area contributed by atoms with Crippen molar-refractivity contribution in [3.8, 4) is 5.75 Å². The zero-order chi connectivity index (χ0) is 17.6. The molecule has 0 spiro atoms. The molecule has 1 aliphatic heterocycles. The summed E-state index contributed by atoms with van der Waals surface area (Å²) in [7, 11) is 0. The zero-order valence-corrected chi connectivity index (χ0v) is 13.9. The SMILES string of the molecule is O=C(O)C1CN(C(=O)CCCOc2ccccc2)Cc2ccccc21. The second kappa shape index (κ2) is 7.83. The second-order valence-electron chi connectivity index (χ2n) is 6.13. The maximum absolute atomic E-state index is 12.5. The number of hydrogen-bond donors (Lipinski definition) is 1. The van der Waals surface area contributed by atoms with Crippen LogP contribution in [-0.4, -0.2) is 35.0 Å². The Morgan fingerprint density at radius 2 is 1.80 bits per heavy atom. The van der Waals surface area contributed by atoms with Gasteiger partial charge < -0.3 is 14.7 Å². The van der Waals surface area contributed by atoms with Gasteiger partial charge in [0, 0.05) is 19.5 Å². The molecular weight excluding hydrogens is 318 g/mol. The van der Waals surface area contributed by atoms with Crippen molar-refractivity contribution in [1.29, 1.82) is 0 Å². The Labute approximate surface area is 146 Å². The van der Waals surface area contributed by atoms with Crippen LogP contribution in [0.3, 0.4) is 0 Å². The van der Waals surface area contributed by atoms with Gasteiger partial charge in [0.1, 0.15) is 5.75 Å². The van der Waals surface area contributed by atoms with Crippen molar-refractivity contribution in [3.05, 3.63) is 65.7 Å². The van der Waals surface area contributed by atoms with E-state index < -0.39 is 11.9 Å². The van der Waals surface area contributed by atoms with E-state index in [1.807, 2.05) is 54.6 Å². The van der Waals surface area contributed by atoms with Gasteiger partial charge in [-0.2, -0.15) is 0 Å². The Balaban J connectivity index is 1.55. The molecule has 3 rings (SSSR count). The van der Waals surface area contributed by atoms with E-state index in [1.165, 1.54) is 0 Å². The lowest BCUT2D eigenvalue weighted by Crippen LogP contribution is -2.40. The summed E-state index contributed by atoms with van der Waals surface area (Å²) in [5.74, 6) is -0.794. The summed E-state index contributed by atoms with van der Waals surface area (Å²) in [5.41, 5.74) is 1.72. The van der Waals surface area contributed by atoms with Crippen molar-refractivity contribution in [1.82, 2.24) is 4.90 Å². The van der Waals surface area contributed by atoms with Gasteiger partial charge in [0.15, 0.2) is 0 Å². The normalized spacial score (nSPS) is 16.2. The summed E-state index contributed by atoms with van der Waals surface area (Å²) >= 11 is 0. The van der Waals surface area contributed by atoms with Crippen LogP contribution in [0.1, 0.15) is 29.9 Å². The van der Waals surface area contributed by atoms with Crippen molar-refractivity contribution < 1.29 is 19.4 Å². The van der Waals surface area contributed by atoms with Gasteiger partial charge in [-0.1, -0.05) is 42.5 Å². The Hall–Kier alpha value is -2.82. The number of carbonyl (C=O) groups is 2. The van der Waals surface area contributed by atoms with Crippen molar-refractivity contribution >= 4 is 11.9 Å². The molecular formula is C20H21NO4. The van der Waals surface area contributed by atoms with Crippen LogP contribution in [0.25, 0.3) is 0 Å². The molecule has 5 nitrogen and oxygen atoms in total. The monoisotopic (exact) mass is 339 g/mol. The number of fused-ring (bicyclic) bond motifs is 1. The summed E-state index contributed by atoms with van der Waals surface area (Å²) in [6.07, 6.45) is 0.949. The van der Waals surface area contributed by atoms with Gasteiger partial charge in [0.05, 0.1) is 12.5 Å². The highest BCUT2D eigenvalue weighted by molar-refractivity contribution is 5.81. The smallest absolute Gasteiger partial charge is 0.312 e. The number of hydrogen-bond acceptors (Lipinski definition) is 3. The number of aliphatic carboxylic acids is 1. The highest BCUT2D eigenvalue weighted by Gasteiger charge is 2.31. The Morgan fingerprint density at radius 3 is 2.56 bits per heavy atom. The summed E-state index contributed by atoms with van der Waals surface area (Å²) in [6.45, 7) is 1.16. The summed E-state index contributed by atoms with van der Waals surface area (Å²) < 4.78 is 5.59. The maximum Gasteiger partial charge on any atom is 0.312 e. The Kier molecular flexibility index (Phi) is 5.33. The highest BCUT2D eigenvalue weighted by atomic mass is 16.5. The number of ether oxygens (including phenoxy) is 1. The molecule has 1 aliphatic rings. The minimum Gasteiger partial charge on any atom is -0.494 e. The molecule has 5 heteroatoms. The van der Waals surface area contributed by atoms with E-state index in [1.54, 1.807) is 4.90 Å². The van der Waals surface area contributed by atoms with Crippen molar-refractivity contribution in [2.75, 3.05) is 13.2 Å². The standard InChI is InChI=1S/C20H21NO4/c22-19(11-6-12-25-16-8-2-1-3-9-16)21-13-15-7-4-5-10-17(15)18(14-21)20(23)24/h1-5,7-10,18H,6,11-14H2,(H,23,24). The lowest BCUT2D eigenvalue weighted by Gasteiger charge is -2.33. The Bertz CT molecular complexity index is 744. The number of carbonyl (C=O) groups excluding carboxylic acids is 1. The van der Waals surface area contributed by atoms with Crippen molar-refractivity contribution in [2.24, 2.45) is 0 Å². The van der Waals surface area contributed by atoms with Crippen LogP contribution in [0, 0.1) is 0 Å². The van der Waals surface area contributed by atoms with Gasteiger partial charge >= 0.3 is 5.97 Å². The molecule has 0 bridgehead atoms. The number of para-hydroxylation sites is 1. The largest absolute Gasteiger partial charge is 0.494 e. The van der Waals surface area contributed by atoms with E-state index in [4.69, 9.17) is 4.74 Å². The molecule has 1 unspecified atom stereocenters. The van der Waals surface area contributed by atoms with E-state index in [0.29, 0.717) is 26.0 Å². The predicted molar refractivity (Wildman–Crippen MR) is 93.4 cm³/mol. The second-order valence-corrected chi connectivity index (χ2v) is 6.13. The average Bonchev–Trinajstić information content (AvgIpc) is 2.64. The fourth-order valence-corrected chi connectivity index (χ4v) is 3.10. The quantitative estimate of drug-likeness (QED) is 0.822. The molecule has 25 heavy (non-hydrogen) atoms. The van der Waals surface area contributed by atoms with E-state index in [9.17, 15) is 14.7 Å². The van der Waals surface area contributed by atoms with Gasteiger partial charge in [0.2, 0.25) is 5.91 Å². The van der Waals surface area contributed by atoms with Crippen LogP contribution in [-0.2, 0) is 16.1 Å². The predicted octanol–water partition coefficient (Wildman–Crippen LogP) is 3.06. The summed E-state index contributed by atoms with van der Waals surface area (Å²) in [4.78, 5) is 25.7. The van der Waals surface area contributed by atoms with E-state index in [-0.39, 0.29) is 12.5 Å². The van der Waals surface area contributed by atoms with Crippen LogP contribution in [0.2, 0.25) is 0 Å². The molecule has 1 heterocycles. The zero-order valence-electron chi connectivity index (χ0n) is 13.9. The van der Waals surface area contributed by atoms with Gasteiger partial charge in [0.25, 0.3) is 0 Å². The first-order valence-corrected chi connectivity index (χ1v) is 8.41. The lowest BCUT2D eigenvalue weighted by atomic mass is 9.89. The van der Waals surface area contributed by atoms with Crippen LogP contribution >= 0.6 is 0 Å². The van der Waals surface area contributed by atoms with Crippen LogP contribution < -0.4 is 4.74 Å². The molecule has 0 radical (unpaired) electrons. The molecule has 1 atom stereocenters. The number of benzene rings is 2. The lowest BCUT2D eigenvalue weighted by molar-refractivity contribution is -0.141. The third-order valence-electron chi connectivity index (χ3n) is 4.39. The molecule has 1 N–H and O–H groups in total. The molecule has 0 saturated heterocycles. The summed E-state index contributed by atoms with van der Waals surface area (Å²) in [6, 6.07) is 16.9. The molecule has 0 aromatic heterocycles. The summed E-state index contributed by atoms with van der Waals surface area (Å²) in [5, 5.41) is 9.47. The van der Waals surface area contributed by atoms with Crippen molar-refractivity contribution in [2.45, 2.75) is 25.3 Å². The fraction of sp³-hybridized carbons (Fsp3) is 0.300. The number of amides is 1. The van der Waals surface area contributed by atoms with Crippen LogP contribution in [0.15, 0.2) is 54.6 Å². The minimum atomic E-state index is -0.891. The molecule has 0 aliphatic carbocycles. The number of rotatable bonds is 6. The highest BCUT2D eigenvalue weighted by Crippen LogP contribution is 2.28. The maximum atomic E-state index is 12.5. The molecule has 130 valence electrons. The average molecular weight is 339 g/mol. The molecule has 0 saturated carbocycles. The molecule has 0 fully saturated rings. The topological polar surface area (TPSA) is 66.8 Å². The van der Waals surface area contributed by atoms with Gasteiger partial charge in [-0.05, 0) is 29.7 Å². The van der Waals surface area contributed by atoms with E-state index >= 15 is 0 Å². The molecule has 2 aromatic carbocycles. The fourth-order valence-electron chi connectivity index (χ4n) is 3.10. The minimum absolute atomic E-state index is 0.0302. The van der Waals surface area contributed by atoms with Gasteiger partial charge in [-0.3, -0.25) is 9.59 Å². The number of carboxylic acids is 1. The van der Waals surface area contributed by atoms with E-state index in [0.717, 1.165) is 16.9 Å². The van der Waals surface area contributed by atoms with E-state index in [2.05, 4.69) is 0 Å².